The van der Waals surface area contributed by atoms with Gasteiger partial charge in [-0.3, -0.25) is 4.68 Å². The zero-order chi connectivity index (χ0) is 8.97. The fourth-order valence-electron chi connectivity index (χ4n) is 0.902. The molecule has 0 saturated carbocycles. The van der Waals surface area contributed by atoms with Gasteiger partial charge in [0.2, 0.25) is 0 Å². The fraction of sp³-hybridized carbons (Fsp3) is 0.222. The number of rotatable bonds is 3. The summed E-state index contributed by atoms with van der Waals surface area (Å²) < 4.78 is 1.75. The van der Waals surface area contributed by atoms with Crippen molar-refractivity contribution in [2.24, 2.45) is 7.05 Å². The highest BCUT2D eigenvalue weighted by Gasteiger charge is 1.93. The summed E-state index contributed by atoms with van der Waals surface area (Å²) in [6.45, 7) is 5.57. The number of aryl methyl sites for hydroxylation is 1. The Morgan fingerprint density at radius 2 is 2.50 bits per heavy atom. The maximum Gasteiger partial charge on any atom is 0.152 e. The average molecular weight is 163 g/mol. The predicted molar refractivity (Wildman–Crippen MR) is 50.8 cm³/mol. The smallest absolute Gasteiger partial charge is 0.152 e. The zero-order valence-electron chi connectivity index (χ0n) is 7.41. The van der Waals surface area contributed by atoms with E-state index >= 15 is 0 Å². The number of hydrogen-bond acceptors (Lipinski definition) is 2. The number of nitrogens with one attached hydrogen (secondary N) is 1. The third kappa shape index (κ3) is 2.27. The van der Waals surface area contributed by atoms with E-state index in [2.05, 4.69) is 17.0 Å². The molecule has 0 amide bonds. The van der Waals surface area contributed by atoms with Crippen molar-refractivity contribution in [2.45, 2.75) is 6.92 Å². The van der Waals surface area contributed by atoms with E-state index in [1.165, 1.54) is 0 Å². The third-order valence-electron chi connectivity index (χ3n) is 1.41. The second-order valence-corrected chi connectivity index (χ2v) is 2.59. The van der Waals surface area contributed by atoms with Crippen molar-refractivity contribution in [1.29, 1.82) is 0 Å². The Kier molecular flexibility index (Phi) is 2.69. The van der Waals surface area contributed by atoms with E-state index in [0.717, 1.165) is 11.5 Å². The van der Waals surface area contributed by atoms with Gasteiger partial charge >= 0.3 is 0 Å². The Morgan fingerprint density at radius 3 is 3.00 bits per heavy atom. The molecule has 64 valence electrons. The Balaban J connectivity index is 2.63. The van der Waals surface area contributed by atoms with Gasteiger partial charge in [-0.1, -0.05) is 12.7 Å². The predicted octanol–water partition coefficient (Wildman–Crippen LogP) is 1.92. The Labute approximate surface area is 72.4 Å². The molecule has 0 aliphatic heterocycles. The Hall–Kier alpha value is -1.51. The van der Waals surface area contributed by atoms with E-state index < -0.39 is 0 Å². The molecular formula is C9H13N3. The number of hydrogen-bond donors (Lipinski definition) is 1. The van der Waals surface area contributed by atoms with Gasteiger partial charge in [-0.2, -0.15) is 5.10 Å². The van der Waals surface area contributed by atoms with E-state index in [9.17, 15) is 0 Å². The summed E-state index contributed by atoms with van der Waals surface area (Å²) in [5.41, 5.74) is 1.03. The van der Waals surface area contributed by atoms with Crippen LogP contribution in [0.3, 0.4) is 0 Å². The summed E-state index contributed by atoms with van der Waals surface area (Å²) >= 11 is 0. The number of nitrogens with zero attached hydrogens (tertiary/aromatic N) is 2. The van der Waals surface area contributed by atoms with Crippen molar-refractivity contribution in [1.82, 2.24) is 9.78 Å². The van der Waals surface area contributed by atoms with Crippen LogP contribution in [-0.4, -0.2) is 9.78 Å². The maximum absolute atomic E-state index is 4.16. The first-order chi connectivity index (χ1) is 5.72. The topological polar surface area (TPSA) is 29.9 Å². The minimum Gasteiger partial charge on any atom is -0.343 e. The van der Waals surface area contributed by atoms with Crippen LogP contribution in [0, 0.1) is 0 Å². The van der Waals surface area contributed by atoms with Crippen LogP contribution in [0.5, 0.6) is 0 Å². The van der Waals surface area contributed by atoms with Crippen molar-refractivity contribution in [3.8, 4) is 0 Å². The first-order valence-corrected chi connectivity index (χ1v) is 3.78. The summed E-state index contributed by atoms with van der Waals surface area (Å²) in [6.07, 6.45) is 5.53. The van der Waals surface area contributed by atoms with Crippen LogP contribution in [0.4, 0.5) is 5.82 Å². The minimum absolute atomic E-state index is 0.855. The molecule has 0 bridgehead atoms. The van der Waals surface area contributed by atoms with Crippen LogP contribution in [0.25, 0.3) is 0 Å². The van der Waals surface area contributed by atoms with Gasteiger partial charge in [0.15, 0.2) is 5.82 Å². The van der Waals surface area contributed by atoms with Gasteiger partial charge in [0.05, 0.1) is 0 Å². The molecule has 0 radical (unpaired) electrons. The SMILES string of the molecule is C=C/C=C(\C)Nc1ccn(C)n1. The van der Waals surface area contributed by atoms with Crippen LogP contribution in [0.15, 0.2) is 36.7 Å². The quantitative estimate of drug-likeness (QED) is 0.690. The summed E-state index contributed by atoms with van der Waals surface area (Å²) in [5, 5.41) is 7.28. The van der Waals surface area contributed by atoms with Crippen molar-refractivity contribution in [3.63, 3.8) is 0 Å². The normalized spacial score (nSPS) is 11.3. The summed E-state index contributed by atoms with van der Waals surface area (Å²) in [4.78, 5) is 0. The summed E-state index contributed by atoms with van der Waals surface area (Å²) in [6, 6.07) is 1.92. The highest BCUT2D eigenvalue weighted by atomic mass is 15.3. The second-order valence-electron chi connectivity index (χ2n) is 2.59. The van der Waals surface area contributed by atoms with E-state index in [1.807, 2.05) is 32.3 Å². The average Bonchev–Trinajstić information content (AvgIpc) is 2.36. The Morgan fingerprint density at radius 1 is 1.75 bits per heavy atom. The molecule has 0 unspecified atom stereocenters. The molecule has 0 aliphatic carbocycles. The van der Waals surface area contributed by atoms with Crippen LogP contribution < -0.4 is 5.32 Å². The number of anilines is 1. The van der Waals surface area contributed by atoms with Gasteiger partial charge in [-0.15, -0.1) is 0 Å². The van der Waals surface area contributed by atoms with Crippen molar-refractivity contribution < 1.29 is 0 Å². The highest BCUT2D eigenvalue weighted by molar-refractivity contribution is 5.39. The number of aromatic nitrogens is 2. The van der Waals surface area contributed by atoms with Gasteiger partial charge < -0.3 is 5.32 Å². The third-order valence-corrected chi connectivity index (χ3v) is 1.41. The molecule has 3 heteroatoms. The Bertz CT molecular complexity index is 296. The van der Waals surface area contributed by atoms with Crippen molar-refractivity contribution in [3.05, 3.63) is 36.7 Å². The largest absolute Gasteiger partial charge is 0.343 e. The molecule has 0 spiro atoms. The van der Waals surface area contributed by atoms with Crippen LogP contribution in [0.2, 0.25) is 0 Å². The van der Waals surface area contributed by atoms with Crippen molar-refractivity contribution in [2.75, 3.05) is 5.32 Å². The first-order valence-electron chi connectivity index (χ1n) is 3.78. The van der Waals surface area contributed by atoms with E-state index in [4.69, 9.17) is 0 Å². The molecule has 1 N–H and O–H groups in total. The fourth-order valence-corrected chi connectivity index (χ4v) is 0.902. The molecular weight excluding hydrogens is 150 g/mol. The molecule has 0 aromatic carbocycles. The van der Waals surface area contributed by atoms with Crippen LogP contribution >= 0.6 is 0 Å². The lowest BCUT2D eigenvalue weighted by atomic mass is 10.4. The number of allylic oxidation sites excluding steroid dienone is 3. The lowest BCUT2D eigenvalue weighted by Crippen LogP contribution is -1.96. The molecule has 1 heterocycles. The zero-order valence-corrected chi connectivity index (χ0v) is 7.41. The minimum atomic E-state index is 0.855. The van der Waals surface area contributed by atoms with Gasteiger partial charge in [0.25, 0.3) is 0 Å². The maximum atomic E-state index is 4.16. The van der Waals surface area contributed by atoms with Gasteiger partial charge in [0.1, 0.15) is 0 Å². The molecule has 0 fully saturated rings. The second kappa shape index (κ2) is 3.76. The molecule has 1 aromatic rings. The van der Waals surface area contributed by atoms with Crippen LogP contribution in [-0.2, 0) is 7.05 Å². The molecule has 12 heavy (non-hydrogen) atoms. The molecule has 1 aromatic heterocycles. The summed E-state index contributed by atoms with van der Waals surface area (Å²) in [5.74, 6) is 0.855. The molecule has 1 rings (SSSR count). The molecule has 0 atom stereocenters. The molecule has 0 aliphatic rings. The van der Waals surface area contributed by atoms with Gasteiger partial charge in [0, 0.05) is 25.0 Å². The molecule has 0 saturated heterocycles. The van der Waals surface area contributed by atoms with Crippen molar-refractivity contribution >= 4 is 5.82 Å². The lowest BCUT2D eigenvalue weighted by Gasteiger charge is -1.99. The standard InChI is InChI=1S/C9H13N3/c1-4-5-8(2)10-9-6-7-12(3)11-9/h4-7H,1H2,2-3H3,(H,10,11)/b8-5+. The monoisotopic (exact) mass is 163 g/mol. The van der Waals surface area contributed by atoms with E-state index in [1.54, 1.807) is 10.8 Å². The molecule has 3 nitrogen and oxygen atoms in total. The van der Waals surface area contributed by atoms with E-state index in [-0.39, 0.29) is 0 Å². The highest BCUT2D eigenvalue weighted by Crippen LogP contribution is 2.04. The van der Waals surface area contributed by atoms with E-state index in [0.29, 0.717) is 0 Å². The van der Waals surface area contributed by atoms with Gasteiger partial charge in [-0.25, -0.2) is 0 Å². The summed E-state index contributed by atoms with van der Waals surface area (Å²) in [7, 11) is 1.89. The first kappa shape index (κ1) is 8.59. The van der Waals surface area contributed by atoms with Crippen LogP contribution in [0.1, 0.15) is 6.92 Å². The van der Waals surface area contributed by atoms with Gasteiger partial charge in [-0.05, 0) is 13.0 Å². The lowest BCUT2D eigenvalue weighted by molar-refractivity contribution is 0.770.